The lowest BCUT2D eigenvalue weighted by atomic mass is 9.84. The van der Waals surface area contributed by atoms with Crippen LogP contribution in [-0.2, 0) is 18.1 Å². The van der Waals surface area contributed by atoms with Gasteiger partial charge in [0.25, 0.3) is 0 Å². The molecule has 1 fully saturated rings. The van der Waals surface area contributed by atoms with Crippen molar-refractivity contribution < 1.29 is 27.8 Å². The summed E-state index contributed by atoms with van der Waals surface area (Å²) in [6, 6.07) is 20.3. The number of aliphatic hydroxyl groups excluding tert-OH is 1. The van der Waals surface area contributed by atoms with Crippen molar-refractivity contribution in [3.63, 3.8) is 0 Å². The van der Waals surface area contributed by atoms with Crippen molar-refractivity contribution in [1.82, 2.24) is 25.2 Å². The number of pyridine rings is 1. The van der Waals surface area contributed by atoms with Gasteiger partial charge in [0.15, 0.2) is 5.60 Å². The van der Waals surface area contributed by atoms with E-state index in [0.717, 1.165) is 77.9 Å². The van der Waals surface area contributed by atoms with Gasteiger partial charge in [0.1, 0.15) is 23.7 Å². The molecule has 1 aliphatic heterocycles. The quantitative estimate of drug-likeness (QED) is 0.181. The van der Waals surface area contributed by atoms with Crippen LogP contribution in [0.2, 0.25) is 0 Å². The Morgan fingerprint density at radius 3 is 1.90 bits per heavy atom. The van der Waals surface area contributed by atoms with Gasteiger partial charge < -0.3 is 20.0 Å². The topological polar surface area (TPSA) is 103 Å². The molecular formula is C36H37F4N7O2. The van der Waals surface area contributed by atoms with Crippen LogP contribution in [0.25, 0.3) is 11.1 Å². The van der Waals surface area contributed by atoms with Crippen LogP contribution in [0, 0.1) is 17.0 Å². The molecule has 0 aliphatic carbocycles. The number of rotatable bonds is 9. The van der Waals surface area contributed by atoms with Crippen LogP contribution < -0.4 is 9.80 Å². The number of alkyl halides is 2. The van der Waals surface area contributed by atoms with Crippen LogP contribution in [-0.4, -0.2) is 61.6 Å². The third kappa shape index (κ3) is 6.86. The number of hydrogen-bond donors (Lipinski definition) is 2. The van der Waals surface area contributed by atoms with E-state index in [9.17, 15) is 19.0 Å². The Morgan fingerprint density at radius 1 is 0.796 bits per heavy atom. The second kappa shape index (κ2) is 13.2. The van der Waals surface area contributed by atoms with Crippen molar-refractivity contribution in [3.8, 4) is 11.1 Å². The lowest BCUT2D eigenvalue weighted by molar-refractivity contribution is -0.207. The molecule has 0 bridgehead atoms. The molecule has 3 heterocycles. The van der Waals surface area contributed by atoms with Crippen molar-refractivity contribution in [2.45, 2.75) is 44.9 Å². The summed E-state index contributed by atoms with van der Waals surface area (Å²) < 4.78 is 61.5. The van der Waals surface area contributed by atoms with E-state index in [1.54, 1.807) is 0 Å². The molecule has 256 valence electrons. The fourth-order valence-electron chi connectivity index (χ4n) is 6.08. The molecule has 0 amide bonds. The first-order chi connectivity index (χ1) is 23.3. The molecule has 5 aromatic rings. The van der Waals surface area contributed by atoms with E-state index in [1.807, 2.05) is 57.2 Å². The number of aromatic nitrogens is 5. The Hall–Kier alpha value is -4.88. The summed E-state index contributed by atoms with van der Waals surface area (Å²) in [7, 11) is 0. The minimum atomic E-state index is -4.14. The molecule has 2 unspecified atom stereocenters. The van der Waals surface area contributed by atoms with E-state index in [4.69, 9.17) is 0 Å². The summed E-state index contributed by atoms with van der Waals surface area (Å²) >= 11 is 0. The van der Waals surface area contributed by atoms with Crippen LogP contribution >= 0.6 is 0 Å². The normalized spacial score (nSPS) is 16.0. The van der Waals surface area contributed by atoms with Crippen molar-refractivity contribution >= 4 is 11.4 Å². The predicted octanol–water partition coefficient (Wildman–Crippen LogP) is 6.10. The first-order valence-corrected chi connectivity index (χ1v) is 15.9. The summed E-state index contributed by atoms with van der Waals surface area (Å²) in [5, 5.41) is 32.3. The van der Waals surface area contributed by atoms with Gasteiger partial charge in [0.2, 0.25) is 0 Å². The van der Waals surface area contributed by atoms with E-state index in [1.165, 1.54) is 12.3 Å². The lowest BCUT2D eigenvalue weighted by Crippen LogP contribution is -2.48. The number of hydrogen-bond acceptors (Lipinski definition) is 8. The first-order valence-electron chi connectivity index (χ1n) is 15.9. The molecule has 0 saturated carbocycles. The monoisotopic (exact) mass is 675 g/mol. The predicted molar refractivity (Wildman–Crippen MR) is 177 cm³/mol. The van der Waals surface area contributed by atoms with Crippen molar-refractivity contribution in [2.24, 2.45) is 5.41 Å². The average molecular weight is 676 g/mol. The molecule has 13 heteroatoms. The number of piperazine rings is 1. The SMILES string of the molecule is CC(C)(C)C(O)c1ccc(N2CCN(c3ccc(-c4ccc(C(F)(F)C(O)(Cn5cnnn5)c5ccc(F)cc5F)nc4)cc3)CC2)cc1. The van der Waals surface area contributed by atoms with E-state index < -0.39 is 47.1 Å². The van der Waals surface area contributed by atoms with Crippen LogP contribution in [0.1, 0.15) is 43.7 Å². The molecule has 9 nitrogen and oxygen atoms in total. The molecule has 6 rings (SSSR count). The van der Waals surface area contributed by atoms with E-state index in [0.29, 0.717) is 11.6 Å². The van der Waals surface area contributed by atoms with Gasteiger partial charge in [0, 0.05) is 60.9 Å². The molecule has 1 saturated heterocycles. The summed E-state index contributed by atoms with van der Waals surface area (Å²) in [6.07, 6.45) is 1.73. The Kier molecular flexibility index (Phi) is 9.16. The fourth-order valence-corrected chi connectivity index (χ4v) is 6.08. The summed E-state index contributed by atoms with van der Waals surface area (Å²) in [5.74, 6) is -6.47. The van der Waals surface area contributed by atoms with Crippen LogP contribution in [0.15, 0.2) is 91.4 Å². The van der Waals surface area contributed by atoms with Crippen LogP contribution in [0.3, 0.4) is 0 Å². The maximum Gasteiger partial charge on any atom is 0.323 e. The molecule has 1 aliphatic rings. The highest BCUT2D eigenvalue weighted by Gasteiger charge is 2.58. The number of tetrazole rings is 1. The third-order valence-corrected chi connectivity index (χ3v) is 9.00. The van der Waals surface area contributed by atoms with Gasteiger partial charge >= 0.3 is 5.92 Å². The fraction of sp³-hybridized carbons (Fsp3) is 0.333. The Morgan fingerprint density at radius 2 is 1.39 bits per heavy atom. The standard InChI is InChI=1S/C36H37F4N7O2/c1-34(2,3)33(48)25-6-12-29(13-7-25)46-18-16-45(17-19-46)28-10-4-24(5-11-28)26-8-15-32(41-21-26)36(39,40)35(49,22-47-23-42-43-44-47)30-14-9-27(37)20-31(30)38/h4-15,20-21,23,33,48-49H,16-19,22H2,1-3H3. The number of nitrogens with zero attached hydrogens (tertiary/aromatic N) is 7. The van der Waals surface area contributed by atoms with Crippen LogP contribution in [0.4, 0.5) is 28.9 Å². The number of anilines is 2. The second-order valence-corrected chi connectivity index (χ2v) is 13.4. The average Bonchev–Trinajstić information content (AvgIpc) is 3.60. The number of aliphatic hydroxyl groups is 2. The highest BCUT2D eigenvalue weighted by Crippen LogP contribution is 2.47. The Balaban J connectivity index is 1.14. The van der Waals surface area contributed by atoms with E-state index in [-0.39, 0.29) is 5.41 Å². The van der Waals surface area contributed by atoms with Gasteiger partial charge in [-0.3, -0.25) is 4.98 Å². The largest absolute Gasteiger partial charge is 0.388 e. The van der Waals surface area contributed by atoms with Gasteiger partial charge in [-0.15, -0.1) is 5.10 Å². The lowest BCUT2D eigenvalue weighted by Gasteiger charge is -2.37. The molecule has 3 aromatic carbocycles. The number of benzene rings is 3. The zero-order chi connectivity index (χ0) is 35.0. The first kappa shape index (κ1) is 34.0. The zero-order valence-electron chi connectivity index (χ0n) is 27.3. The minimum Gasteiger partial charge on any atom is -0.388 e. The minimum absolute atomic E-state index is 0.240. The Bertz CT molecular complexity index is 1860. The maximum atomic E-state index is 16.1. The third-order valence-electron chi connectivity index (χ3n) is 9.00. The molecule has 2 atom stereocenters. The van der Waals surface area contributed by atoms with Crippen molar-refractivity contribution in [1.29, 1.82) is 0 Å². The summed E-state index contributed by atoms with van der Waals surface area (Å²) in [6.45, 7) is 8.36. The van der Waals surface area contributed by atoms with Gasteiger partial charge in [-0.05, 0) is 69.4 Å². The van der Waals surface area contributed by atoms with Gasteiger partial charge in [-0.25, -0.2) is 13.5 Å². The maximum absolute atomic E-state index is 16.1. The molecule has 2 aromatic heterocycles. The zero-order valence-corrected chi connectivity index (χ0v) is 27.3. The molecular weight excluding hydrogens is 638 g/mol. The van der Waals surface area contributed by atoms with Gasteiger partial charge in [-0.1, -0.05) is 51.1 Å². The highest BCUT2D eigenvalue weighted by atomic mass is 19.3. The summed E-state index contributed by atoms with van der Waals surface area (Å²) in [5.41, 5.74) is -0.750. The molecule has 49 heavy (non-hydrogen) atoms. The number of halogens is 4. The molecule has 0 spiro atoms. The van der Waals surface area contributed by atoms with Crippen LogP contribution in [0.5, 0.6) is 0 Å². The van der Waals surface area contributed by atoms with Gasteiger partial charge in [-0.2, -0.15) is 8.78 Å². The van der Waals surface area contributed by atoms with E-state index >= 15 is 8.78 Å². The van der Waals surface area contributed by atoms with Crippen molar-refractivity contribution in [3.05, 3.63) is 120 Å². The van der Waals surface area contributed by atoms with Crippen molar-refractivity contribution in [2.75, 3.05) is 36.0 Å². The molecule has 0 radical (unpaired) electrons. The second-order valence-electron chi connectivity index (χ2n) is 13.4. The highest BCUT2D eigenvalue weighted by molar-refractivity contribution is 5.66. The Labute approximate surface area is 281 Å². The molecule has 2 N–H and O–H groups in total. The summed E-state index contributed by atoms with van der Waals surface area (Å²) in [4.78, 5) is 8.57. The smallest absolute Gasteiger partial charge is 0.323 e. The van der Waals surface area contributed by atoms with Gasteiger partial charge in [0.05, 0.1) is 12.6 Å². The van der Waals surface area contributed by atoms with E-state index in [2.05, 4.69) is 42.4 Å².